The highest BCUT2D eigenvalue weighted by atomic mass is 35.5. The van der Waals surface area contributed by atoms with Crippen LogP contribution in [0.25, 0.3) is 10.4 Å². The van der Waals surface area contributed by atoms with Crippen molar-refractivity contribution in [2.24, 2.45) is 5.73 Å². The lowest BCUT2D eigenvalue weighted by atomic mass is 10.1. The SMILES string of the molecule is COc1c(C)cc(Cl)cc1-c1cnc(CN)s1. The molecule has 2 N–H and O–H groups in total. The first-order valence-corrected chi connectivity index (χ1v) is 6.34. The van der Waals surface area contributed by atoms with E-state index in [1.54, 1.807) is 24.6 Å². The van der Waals surface area contributed by atoms with Crippen LogP contribution in [-0.2, 0) is 6.54 Å². The first-order chi connectivity index (χ1) is 8.15. The lowest BCUT2D eigenvalue weighted by Gasteiger charge is -2.10. The number of methoxy groups -OCH3 is 1. The van der Waals surface area contributed by atoms with Gasteiger partial charge in [0.25, 0.3) is 0 Å². The smallest absolute Gasteiger partial charge is 0.130 e. The fourth-order valence-electron chi connectivity index (χ4n) is 1.71. The maximum atomic E-state index is 6.07. The fourth-order valence-corrected chi connectivity index (χ4v) is 2.80. The highest BCUT2D eigenvalue weighted by Gasteiger charge is 2.12. The van der Waals surface area contributed by atoms with Gasteiger partial charge in [-0.25, -0.2) is 4.98 Å². The summed E-state index contributed by atoms with van der Waals surface area (Å²) in [5, 5.41) is 1.60. The summed E-state index contributed by atoms with van der Waals surface area (Å²) >= 11 is 7.63. The topological polar surface area (TPSA) is 48.1 Å². The van der Waals surface area contributed by atoms with E-state index >= 15 is 0 Å². The van der Waals surface area contributed by atoms with Crippen molar-refractivity contribution in [2.75, 3.05) is 7.11 Å². The van der Waals surface area contributed by atoms with Crippen LogP contribution >= 0.6 is 22.9 Å². The zero-order valence-corrected chi connectivity index (χ0v) is 11.2. The molecule has 17 heavy (non-hydrogen) atoms. The number of hydrogen-bond acceptors (Lipinski definition) is 4. The van der Waals surface area contributed by atoms with Gasteiger partial charge in [0.05, 0.1) is 12.0 Å². The van der Waals surface area contributed by atoms with Gasteiger partial charge in [0.1, 0.15) is 10.8 Å². The van der Waals surface area contributed by atoms with E-state index in [1.165, 1.54) is 0 Å². The first kappa shape index (κ1) is 12.4. The van der Waals surface area contributed by atoms with Gasteiger partial charge >= 0.3 is 0 Å². The van der Waals surface area contributed by atoms with E-state index < -0.39 is 0 Å². The molecule has 0 aliphatic carbocycles. The van der Waals surface area contributed by atoms with Crippen LogP contribution in [0.15, 0.2) is 18.3 Å². The largest absolute Gasteiger partial charge is 0.496 e. The molecule has 0 radical (unpaired) electrons. The van der Waals surface area contributed by atoms with E-state index in [0.717, 1.165) is 26.8 Å². The van der Waals surface area contributed by atoms with Crippen molar-refractivity contribution in [3.05, 3.63) is 33.9 Å². The second kappa shape index (κ2) is 5.04. The molecule has 1 aromatic carbocycles. The predicted molar refractivity (Wildman–Crippen MR) is 71.7 cm³/mol. The number of nitrogens with two attached hydrogens (primary N) is 1. The molecule has 1 heterocycles. The number of nitrogens with zero attached hydrogens (tertiary/aromatic N) is 1. The fraction of sp³-hybridized carbons (Fsp3) is 0.250. The van der Waals surface area contributed by atoms with Gasteiger partial charge < -0.3 is 10.5 Å². The van der Waals surface area contributed by atoms with Crippen molar-refractivity contribution < 1.29 is 4.74 Å². The van der Waals surface area contributed by atoms with Crippen LogP contribution in [-0.4, -0.2) is 12.1 Å². The van der Waals surface area contributed by atoms with Gasteiger partial charge in [0.15, 0.2) is 0 Å². The van der Waals surface area contributed by atoms with Crippen LogP contribution in [0, 0.1) is 6.92 Å². The van der Waals surface area contributed by atoms with E-state index in [2.05, 4.69) is 4.98 Å². The van der Waals surface area contributed by atoms with Gasteiger partial charge in [0, 0.05) is 23.3 Å². The number of aryl methyl sites for hydroxylation is 1. The Labute approximate surface area is 109 Å². The molecule has 0 saturated heterocycles. The van der Waals surface area contributed by atoms with E-state index in [9.17, 15) is 0 Å². The molecule has 5 heteroatoms. The van der Waals surface area contributed by atoms with Crippen LogP contribution in [0.4, 0.5) is 0 Å². The molecule has 0 aliphatic heterocycles. The second-order valence-corrected chi connectivity index (χ2v) is 5.18. The highest BCUT2D eigenvalue weighted by Crippen LogP contribution is 2.38. The van der Waals surface area contributed by atoms with E-state index in [-0.39, 0.29) is 0 Å². The Balaban J connectivity index is 2.57. The number of ether oxygens (including phenoxy) is 1. The molecular formula is C12H13ClN2OS. The molecule has 0 fully saturated rings. The predicted octanol–water partition coefficient (Wildman–Crippen LogP) is 3.24. The van der Waals surface area contributed by atoms with E-state index in [1.807, 2.05) is 19.1 Å². The average Bonchev–Trinajstić information content (AvgIpc) is 2.76. The summed E-state index contributed by atoms with van der Waals surface area (Å²) in [6, 6.07) is 3.77. The molecule has 1 aromatic heterocycles. The summed E-state index contributed by atoms with van der Waals surface area (Å²) in [6.07, 6.45) is 1.81. The van der Waals surface area contributed by atoms with Crippen LogP contribution in [0.2, 0.25) is 5.02 Å². The first-order valence-electron chi connectivity index (χ1n) is 5.15. The molecule has 0 saturated carbocycles. The maximum absolute atomic E-state index is 6.07. The Morgan fingerprint density at radius 3 is 2.82 bits per heavy atom. The molecule has 0 amide bonds. The average molecular weight is 269 g/mol. The van der Waals surface area contributed by atoms with Crippen molar-refractivity contribution in [1.29, 1.82) is 0 Å². The highest BCUT2D eigenvalue weighted by molar-refractivity contribution is 7.15. The van der Waals surface area contributed by atoms with Crippen LogP contribution in [0.5, 0.6) is 5.75 Å². The molecule has 0 bridgehead atoms. The van der Waals surface area contributed by atoms with Crippen LogP contribution in [0.1, 0.15) is 10.6 Å². The number of rotatable bonds is 3. The van der Waals surface area contributed by atoms with Crippen molar-refractivity contribution >= 4 is 22.9 Å². The molecule has 0 spiro atoms. The van der Waals surface area contributed by atoms with E-state index in [0.29, 0.717) is 11.6 Å². The lowest BCUT2D eigenvalue weighted by molar-refractivity contribution is 0.413. The summed E-state index contributed by atoms with van der Waals surface area (Å²) in [7, 11) is 1.66. The number of hydrogen-bond donors (Lipinski definition) is 1. The van der Waals surface area contributed by atoms with Crippen molar-refractivity contribution in [2.45, 2.75) is 13.5 Å². The Kier molecular flexibility index (Phi) is 3.66. The third kappa shape index (κ3) is 2.44. The molecule has 3 nitrogen and oxygen atoms in total. The standard InChI is InChI=1S/C12H13ClN2OS/c1-7-3-8(13)4-9(12(7)16-2)10-6-15-11(5-14)17-10/h3-4,6H,5,14H2,1-2H3. The van der Waals surface area contributed by atoms with Crippen molar-refractivity contribution in [1.82, 2.24) is 4.98 Å². The van der Waals surface area contributed by atoms with Crippen LogP contribution in [0.3, 0.4) is 0 Å². The summed E-state index contributed by atoms with van der Waals surface area (Å²) < 4.78 is 5.42. The minimum atomic E-state index is 0.451. The summed E-state index contributed by atoms with van der Waals surface area (Å²) in [6.45, 7) is 2.42. The van der Waals surface area contributed by atoms with Crippen molar-refractivity contribution in [3.63, 3.8) is 0 Å². The zero-order valence-electron chi connectivity index (χ0n) is 9.66. The minimum absolute atomic E-state index is 0.451. The molecule has 0 aliphatic rings. The second-order valence-electron chi connectivity index (χ2n) is 3.63. The van der Waals surface area contributed by atoms with Gasteiger partial charge in [-0.1, -0.05) is 11.6 Å². The quantitative estimate of drug-likeness (QED) is 0.930. The molecule has 90 valence electrons. The third-order valence-electron chi connectivity index (χ3n) is 2.44. The third-order valence-corrected chi connectivity index (χ3v) is 3.71. The maximum Gasteiger partial charge on any atom is 0.130 e. The summed E-state index contributed by atoms with van der Waals surface area (Å²) in [4.78, 5) is 5.26. The van der Waals surface area contributed by atoms with Gasteiger partial charge in [0.2, 0.25) is 0 Å². The molecule has 0 atom stereocenters. The van der Waals surface area contributed by atoms with E-state index in [4.69, 9.17) is 22.1 Å². The molecule has 2 aromatic rings. The van der Waals surface area contributed by atoms with Crippen molar-refractivity contribution in [3.8, 4) is 16.2 Å². The Morgan fingerprint density at radius 1 is 1.47 bits per heavy atom. The van der Waals surface area contributed by atoms with Gasteiger partial charge in [-0.15, -0.1) is 11.3 Å². The molecule has 0 unspecified atom stereocenters. The number of benzene rings is 1. The molecular weight excluding hydrogens is 256 g/mol. The number of halogens is 1. The number of aromatic nitrogens is 1. The number of thiazole rings is 1. The Hall–Kier alpha value is -1.10. The zero-order chi connectivity index (χ0) is 12.4. The van der Waals surface area contributed by atoms with Gasteiger partial charge in [-0.2, -0.15) is 0 Å². The lowest BCUT2D eigenvalue weighted by Crippen LogP contribution is -1.93. The summed E-state index contributed by atoms with van der Waals surface area (Å²) in [5.74, 6) is 0.835. The minimum Gasteiger partial charge on any atom is -0.496 e. The van der Waals surface area contributed by atoms with Crippen LogP contribution < -0.4 is 10.5 Å². The Bertz CT molecular complexity index is 539. The Morgan fingerprint density at radius 2 is 2.24 bits per heavy atom. The molecule has 2 rings (SSSR count). The van der Waals surface area contributed by atoms with Gasteiger partial charge in [-0.3, -0.25) is 0 Å². The van der Waals surface area contributed by atoms with Gasteiger partial charge in [-0.05, 0) is 24.6 Å². The normalized spacial score (nSPS) is 10.6. The summed E-state index contributed by atoms with van der Waals surface area (Å²) in [5.41, 5.74) is 7.54. The monoisotopic (exact) mass is 268 g/mol.